The summed E-state index contributed by atoms with van der Waals surface area (Å²) in [7, 11) is 3.25. The predicted molar refractivity (Wildman–Crippen MR) is 97.5 cm³/mol. The average Bonchev–Trinajstić information content (AvgIpc) is 2.90. The Hall–Kier alpha value is -1.89. The lowest BCUT2D eigenvalue weighted by atomic mass is 9.85. The fourth-order valence-electron chi connectivity index (χ4n) is 4.30. The molecule has 0 aliphatic carbocycles. The number of hydrogen-bond acceptors (Lipinski definition) is 6. The first-order valence-corrected chi connectivity index (χ1v) is 8.96. The number of likely N-dealkylation sites (N-methyl/N-ethyl adjacent to an activating group) is 1. The van der Waals surface area contributed by atoms with Crippen molar-refractivity contribution in [1.82, 2.24) is 9.88 Å². The van der Waals surface area contributed by atoms with Crippen molar-refractivity contribution in [3.8, 4) is 5.75 Å². The Morgan fingerprint density at radius 3 is 2.96 bits per heavy atom. The molecule has 0 amide bonds. The van der Waals surface area contributed by atoms with Crippen LogP contribution in [0, 0.1) is 6.92 Å². The van der Waals surface area contributed by atoms with Gasteiger partial charge in [-0.05, 0) is 32.2 Å². The fourth-order valence-corrected chi connectivity index (χ4v) is 4.47. The number of methoxy groups -OCH3 is 1. The standard InChI is InChI=1S/C19H21ClN2O4/c1-10-17-16(12-6-11(20)4-5-13(12)21-10)15(23)8-19(26-17)7-14(18(24)25-3)22(2)9-19/h4-6,14-15,23H,7-9H2,1-3H3. The lowest BCUT2D eigenvalue weighted by molar-refractivity contribution is -0.145. The van der Waals surface area contributed by atoms with Gasteiger partial charge in [-0.15, -0.1) is 0 Å². The van der Waals surface area contributed by atoms with E-state index in [1.165, 1.54) is 7.11 Å². The van der Waals surface area contributed by atoms with Crippen LogP contribution in [0.5, 0.6) is 5.75 Å². The van der Waals surface area contributed by atoms with Crippen molar-refractivity contribution in [1.29, 1.82) is 0 Å². The number of ether oxygens (including phenoxy) is 2. The number of halogens is 1. The van der Waals surface area contributed by atoms with Crippen LogP contribution in [0.25, 0.3) is 10.9 Å². The topological polar surface area (TPSA) is 71.9 Å². The molecule has 1 aromatic heterocycles. The van der Waals surface area contributed by atoms with Crippen molar-refractivity contribution in [2.75, 3.05) is 20.7 Å². The number of nitrogens with zero attached hydrogens (tertiary/aromatic N) is 2. The van der Waals surface area contributed by atoms with Gasteiger partial charge < -0.3 is 14.6 Å². The summed E-state index contributed by atoms with van der Waals surface area (Å²) in [5.74, 6) is 0.311. The van der Waals surface area contributed by atoms with E-state index >= 15 is 0 Å². The first-order valence-electron chi connectivity index (χ1n) is 8.58. The third kappa shape index (κ3) is 2.64. The molecule has 1 saturated heterocycles. The Balaban J connectivity index is 1.79. The maximum absolute atomic E-state index is 12.0. The number of likely N-dealkylation sites (tertiary alicyclic amines) is 1. The molecule has 2 aliphatic rings. The summed E-state index contributed by atoms with van der Waals surface area (Å²) in [6.45, 7) is 2.41. The maximum atomic E-state index is 12.0. The minimum absolute atomic E-state index is 0.284. The molecular weight excluding hydrogens is 356 g/mol. The molecular formula is C19H21ClN2O4. The number of pyridine rings is 1. The van der Waals surface area contributed by atoms with Crippen LogP contribution in [0.1, 0.15) is 30.2 Å². The highest BCUT2D eigenvalue weighted by molar-refractivity contribution is 6.31. The highest BCUT2D eigenvalue weighted by Crippen LogP contribution is 2.48. The molecule has 0 radical (unpaired) electrons. The molecule has 7 heteroatoms. The van der Waals surface area contributed by atoms with Crippen molar-refractivity contribution in [2.45, 2.75) is 37.5 Å². The molecule has 1 spiro atoms. The Labute approximate surface area is 156 Å². The van der Waals surface area contributed by atoms with Crippen molar-refractivity contribution in [3.63, 3.8) is 0 Å². The van der Waals surface area contributed by atoms with Crippen LogP contribution in [0.3, 0.4) is 0 Å². The molecule has 3 atom stereocenters. The van der Waals surface area contributed by atoms with Gasteiger partial charge in [0.15, 0.2) is 0 Å². The molecule has 138 valence electrons. The predicted octanol–water partition coefficient (Wildman–Crippen LogP) is 2.63. The van der Waals surface area contributed by atoms with Crippen molar-refractivity contribution < 1.29 is 19.4 Å². The second-order valence-corrected chi connectivity index (χ2v) is 7.70. The summed E-state index contributed by atoms with van der Waals surface area (Å²) < 4.78 is 11.3. The van der Waals surface area contributed by atoms with E-state index in [-0.39, 0.29) is 12.0 Å². The number of esters is 1. The molecule has 0 saturated carbocycles. The van der Waals surface area contributed by atoms with E-state index in [0.29, 0.717) is 30.2 Å². The molecule has 1 aromatic carbocycles. The second kappa shape index (κ2) is 6.08. The molecule has 3 unspecified atom stereocenters. The highest BCUT2D eigenvalue weighted by atomic mass is 35.5. The van der Waals surface area contributed by atoms with Crippen LogP contribution in [-0.2, 0) is 9.53 Å². The third-order valence-electron chi connectivity index (χ3n) is 5.44. The number of carbonyl (C=O) groups excluding carboxylic acids is 1. The van der Waals surface area contributed by atoms with Gasteiger partial charge >= 0.3 is 5.97 Å². The largest absolute Gasteiger partial charge is 0.483 e. The van der Waals surface area contributed by atoms with E-state index in [1.54, 1.807) is 6.07 Å². The summed E-state index contributed by atoms with van der Waals surface area (Å²) >= 11 is 6.15. The maximum Gasteiger partial charge on any atom is 0.323 e. The van der Waals surface area contributed by atoms with E-state index in [2.05, 4.69) is 4.98 Å². The molecule has 3 heterocycles. The Kier molecular flexibility index (Phi) is 4.10. The summed E-state index contributed by atoms with van der Waals surface area (Å²) in [4.78, 5) is 18.6. The van der Waals surface area contributed by atoms with Gasteiger partial charge in [0.2, 0.25) is 0 Å². The summed E-state index contributed by atoms with van der Waals surface area (Å²) in [5, 5.41) is 12.4. The first kappa shape index (κ1) is 17.5. The van der Waals surface area contributed by atoms with E-state index < -0.39 is 11.7 Å². The molecule has 6 nitrogen and oxygen atoms in total. The fraction of sp³-hybridized carbons (Fsp3) is 0.474. The summed E-state index contributed by atoms with van der Waals surface area (Å²) in [5.41, 5.74) is 1.58. The number of aryl methyl sites for hydroxylation is 1. The van der Waals surface area contributed by atoms with Gasteiger partial charge in [-0.25, -0.2) is 4.98 Å². The number of benzene rings is 1. The van der Waals surface area contributed by atoms with E-state index in [4.69, 9.17) is 21.1 Å². The van der Waals surface area contributed by atoms with Gasteiger partial charge in [-0.1, -0.05) is 11.6 Å². The first-order chi connectivity index (χ1) is 12.3. The molecule has 4 rings (SSSR count). The Morgan fingerprint density at radius 2 is 2.23 bits per heavy atom. The zero-order valence-corrected chi connectivity index (χ0v) is 15.7. The SMILES string of the molecule is COC(=O)C1CC2(CC(O)c3c(c(C)nc4ccc(Cl)cc34)O2)CN1C. The number of fused-ring (bicyclic) bond motifs is 3. The number of aromatic nitrogens is 1. The van der Waals surface area contributed by atoms with Gasteiger partial charge in [0.05, 0.1) is 24.4 Å². The van der Waals surface area contributed by atoms with E-state index in [1.807, 2.05) is 31.0 Å². The lowest BCUT2D eigenvalue weighted by Crippen LogP contribution is -2.43. The number of aliphatic hydroxyl groups excluding tert-OH is 1. The minimum Gasteiger partial charge on any atom is -0.483 e. The minimum atomic E-state index is -0.716. The smallest absolute Gasteiger partial charge is 0.323 e. The monoisotopic (exact) mass is 376 g/mol. The van der Waals surface area contributed by atoms with Crippen LogP contribution in [0.2, 0.25) is 5.02 Å². The van der Waals surface area contributed by atoms with Gasteiger partial charge in [0.1, 0.15) is 17.4 Å². The van der Waals surface area contributed by atoms with Crippen molar-refractivity contribution in [2.24, 2.45) is 0 Å². The van der Waals surface area contributed by atoms with E-state index in [9.17, 15) is 9.90 Å². The molecule has 2 aromatic rings. The van der Waals surface area contributed by atoms with Gasteiger partial charge in [0, 0.05) is 35.4 Å². The number of hydrogen-bond donors (Lipinski definition) is 1. The molecule has 1 fully saturated rings. The molecule has 2 aliphatic heterocycles. The number of carbonyl (C=O) groups is 1. The molecule has 0 bridgehead atoms. The zero-order valence-electron chi connectivity index (χ0n) is 15.0. The Bertz CT molecular complexity index is 903. The van der Waals surface area contributed by atoms with E-state index in [0.717, 1.165) is 22.2 Å². The van der Waals surface area contributed by atoms with Gasteiger partial charge in [-0.3, -0.25) is 9.69 Å². The molecule has 1 N–H and O–H groups in total. The number of aliphatic hydroxyl groups is 1. The van der Waals surface area contributed by atoms with Gasteiger partial charge in [0.25, 0.3) is 0 Å². The summed E-state index contributed by atoms with van der Waals surface area (Å²) in [6, 6.07) is 5.06. The normalized spacial score (nSPS) is 28.2. The second-order valence-electron chi connectivity index (χ2n) is 7.26. The van der Waals surface area contributed by atoms with Crippen LogP contribution < -0.4 is 4.74 Å². The highest BCUT2D eigenvalue weighted by Gasteiger charge is 2.51. The average molecular weight is 377 g/mol. The van der Waals surface area contributed by atoms with Crippen LogP contribution >= 0.6 is 11.6 Å². The zero-order chi connectivity index (χ0) is 18.6. The van der Waals surface area contributed by atoms with Gasteiger partial charge in [-0.2, -0.15) is 0 Å². The van der Waals surface area contributed by atoms with Crippen molar-refractivity contribution >= 4 is 28.5 Å². The quantitative estimate of drug-likeness (QED) is 0.771. The van der Waals surface area contributed by atoms with Crippen LogP contribution in [0.15, 0.2) is 18.2 Å². The number of rotatable bonds is 1. The molecule has 26 heavy (non-hydrogen) atoms. The van der Waals surface area contributed by atoms with Crippen LogP contribution in [-0.4, -0.2) is 53.3 Å². The van der Waals surface area contributed by atoms with Crippen molar-refractivity contribution in [3.05, 3.63) is 34.5 Å². The lowest BCUT2D eigenvalue weighted by Gasteiger charge is -2.39. The Morgan fingerprint density at radius 1 is 1.46 bits per heavy atom. The van der Waals surface area contributed by atoms with Crippen LogP contribution in [0.4, 0.5) is 0 Å². The summed E-state index contributed by atoms with van der Waals surface area (Å²) in [6.07, 6.45) is 0.161. The third-order valence-corrected chi connectivity index (χ3v) is 5.67.